The van der Waals surface area contributed by atoms with Gasteiger partial charge in [0.1, 0.15) is 17.5 Å². The molecule has 0 radical (unpaired) electrons. The van der Waals surface area contributed by atoms with Gasteiger partial charge < -0.3 is 14.0 Å². The van der Waals surface area contributed by atoms with Crippen molar-refractivity contribution in [3.05, 3.63) is 72.1 Å². The van der Waals surface area contributed by atoms with E-state index in [-0.39, 0.29) is 23.7 Å². The van der Waals surface area contributed by atoms with Crippen LogP contribution < -0.4 is 0 Å². The first-order valence-electron chi connectivity index (χ1n) is 10.5. The van der Waals surface area contributed by atoms with Gasteiger partial charge in [-0.3, -0.25) is 0 Å². The first kappa shape index (κ1) is 21.4. The molecule has 0 saturated carbocycles. The fourth-order valence-electron chi connectivity index (χ4n) is 3.64. The number of benzene rings is 2. The molecule has 6 heteroatoms. The standard InChI is InChI=1S/C25H26F2N2O2/c1-16(2)25-28-23(18-4-8-20(26)9-5-18)24(19-6-10-21(27)11-7-19)29(25)14-12-22-30-15-13-17(3)31-22/h4-12,14,16-17,22H,13,15H2,1-3H3/t17-,22+/m1/s1. The molecule has 0 aliphatic carbocycles. The molecule has 2 aromatic carbocycles. The van der Waals surface area contributed by atoms with E-state index < -0.39 is 6.29 Å². The molecule has 0 unspecified atom stereocenters. The van der Waals surface area contributed by atoms with Crippen LogP contribution in [0.15, 0.2) is 54.6 Å². The Balaban J connectivity index is 1.86. The minimum Gasteiger partial charge on any atom is -0.349 e. The fourth-order valence-corrected chi connectivity index (χ4v) is 3.64. The van der Waals surface area contributed by atoms with E-state index >= 15 is 0 Å². The van der Waals surface area contributed by atoms with E-state index in [1.54, 1.807) is 24.3 Å². The van der Waals surface area contributed by atoms with Gasteiger partial charge in [-0.2, -0.15) is 0 Å². The van der Waals surface area contributed by atoms with Crippen LogP contribution in [0.3, 0.4) is 0 Å². The zero-order valence-corrected chi connectivity index (χ0v) is 17.9. The van der Waals surface area contributed by atoms with Gasteiger partial charge in [0.05, 0.1) is 24.1 Å². The van der Waals surface area contributed by atoms with Gasteiger partial charge >= 0.3 is 0 Å². The van der Waals surface area contributed by atoms with Crippen LogP contribution in [0.5, 0.6) is 0 Å². The Hall–Kier alpha value is -2.83. The number of hydrogen-bond acceptors (Lipinski definition) is 3. The molecule has 2 heterocycles. The number of nitrogens with zero attached hydrogens (tertiary/aromatic N) is 2. The van der Waals surface area contributed by atoms with Gasteiger partial charge in [-0.15, -0.1) is 0 Å². The summed E-state index contributed by atoms with van der Waals surface area (Å²) in [5, 5.41) is 0. The van der Waals surface area contributed by atoms with Crippen molar-refractivity contribution in [1.82, 2.24) is 9.55 Å². The van der Waals surface area contributed by atoms with Gasteiger partial charge in [0.15, 0.2) is 6.29 Å². The lowest BCUT2D eigenvalue weighted by atomic mass is 10.0. The minimum atomic E-state index is -0.443. The lowest BCUT2D eigenvalue weighted by Crippen LogP contribution is -2.28. The highest BCUT2D eigenvalue weighted by Crippen LogP contribution is 2.35. The first-order chi connectivity index (χ1) is 14.9. The van der Waals surface area contributed by atoms with E-state index in [1.807, 2.05) is 23.8 Å². The second kappa shape index (κ2) is 9.12. The average Bonchev–Trinajstić information content (AvgIpc) is 3.13. The van der Waals surface area contributed by atoms with Crippen molar-refractivity contribution in [2.24, 2.45) is 0 Å². The highest BCUT2D eigenvalue weighted by molar-refractivity contribution is 5.80. The van der Waals surface area contributed by atoms with Gasteiger partial charge in [0.2, 0.25) is 0 Å². The maximum absolute atomic E-state index is 13.6. The molecule has 2 atom stereocenters. The van der Waals surface area contributed by atoms with Crippen LogP contribution in [0.2, 0.25) is 0 Å². The van der Waals surface area contributed by atoms with E-state index in [2.05, 4.69) is 13.8 Å². The fraction of sp³-hybridized carbons (Fsp3) is 0.320. The highest BCUT2D eigenvalue weighted by atomic mass is 19.1. The number of hydrogen-bond donors (Lipinski definition) is 0. The summed E-state index contributed by atoms with van der Waals surface area (Å²) in [5.41, 5.74) is 3.10. The second-order valence-electron chi connectivity index (χ2n) is 8.02. The molecule has 0 bridgehead atoms. The topological polar surface area (TPSA) is 36.3 Å². The highest BCUT2D eigenvalue weighted by Gasteiger charge is 2.22. The molecule has 1 aromatic heterocycles. The molecule has 1 aliphatic heterocycles. The summed E-state index contributed by atoms with van der Waals surface area (Å²) in [7, 11) is 0. The van der Waals surface area contributed by atoms with Crippen molar-refractivity contribution in [2.75, 3.05) is 6.61 Å². The van der Waals surface area contributed by atoms with E-state index in [9.17, 15) is 8.78 Å². The van der Waals surface area contributed by atoms with Crippen LogP contribution in [0.25, 0.3) is 28.7 Å². The molecule has 4 rings (SSSR count). The van der Waals surface area contributed by atoms with Crippen LogP contribution in [0, 0.1) is 11.6 Å². The predicted octanol–water partition coefficient (Wildman–Crippen LogP) is 6.24. The Labute approximate surface area is 181 Å². The molecular formula is C25H26F2N2O2. The third kappa shape index (κ3) is 4.75. The van der Waals surface area contributed by atoms with Gasteiger partial charge in [-0.1, -0.05) is 13.8 Å². The molecule has 3 aromatic rings. The van der Waals surface area contributed by atoms with Gasteiger partial charge in [-0.25, -0.2) is 13.8 Å². The van der Waals surface area contributed by atoms with Gasteiger partial charge in [-0.05, 0) is 68.0 Å². The normalized spacial score (nSPS) is 19.4. The molecule has 0 amide bonds. The van der Waals surface area contributed by atoms with Crippen molar-refractivity contribution in [3.63, 3.8) is 0 Å². The van der Waals surface area contributed by atoms with Gasteiger partial charge in [0, 0.05) is 23.2 Å². The average molecular weight is 424 g/mol. The third-order valence-electron chi connectivity index (χ3n) is 5.26. The zero-order chi connectivity index (χ0) is 22.0. The number of aromatic nitrogens is 2. The van der Waals surface area contributed by atoms with Crippen LogP contribution in [-0.2, 0) is 9.47 Å². The van der Waals surface area contributed by atoms with Crippen molar-refractivity contribution in [2.45, 2.75) is 45.5 Å². The van der Waals surface area contributed by atoms with E-state index in [4.69, 9.17) is 14.5 Å². The van der Waals surface area contributed by atoms with Crippen LogP contribution in [0.1, 0.15) is 38.9 Å². The van der Waals surface area contributed by atoms with E-state index in [0.29, 0.717) is 12.3 Å². The maximum atomic E-state index is 13.6. The second-order valence-corrected chi connectivity index (χ2v) is 8.02. The first-order valence-corrected chi connectivity index (χ1v) is 10.5. The van der Waals surface area contributed by atoms with E-state index in [0.717, 1.165) is 29.1 Å². The molecule has 0 spiro atoms. The van der Waals surface area contributed by atoms with Crippen LogP contribution in [-0.4, -0.2) is 28.6 Å². The summed E-state index contributed by atoms with van der Waals surface area (Å²) in [5.74, 6) is 0.330. The predicted molar refractivity (Wildman–Crippen MR) is 117 cm³/mol. The maximum Gasteiger partial charge on any atom is 0.178 e. The van der Waals surface area contributed by atoms with Crippen molar-refractivity contribution in [1.29, 1.82) is 0 Å². The number of halogens is 2. The number of imidazole rings is 1. The molecule has 162 valence electrons. The Kier molecular flexibility index (Phi) is 6.30. The lowest BCUT2D eigenvalue weighted by molar-refractivity contribution is -0.180. The Morgan fingerprint density at radius 1 is 1.00 bits per heavy atom. The summed E-state index contributed by atoms with van der Waals surface area (Å²) >= 11 is 0. The lowest BCUT2D eigenvalue weighted by Gasteiger charge is -2.26. The summed E-state index contributed by atoms with van der Waals surface area (Å²) < 4.78 is 40.7. The Morgan fingerprint density at radius 3 is 2.19 bits per heavy atom. The summed E-state index contributed by atoms with van der Waals surface area (Å²) in [6.45, 7) is 6.79. The molecule has 0 N–H and O–H groups in total. The monoisotopic (exact) mass is 424 g/mol. The molecule has 4 nitrogen and oxygen atoms in total. The smallest absolute Gasteiger partial charge is 0.178 e. The summed E-state index contributed by atoms with van der Waals surface area (Å²) in [6.07, 6.45) is 4.31. The third-order valence-corrected chi connectivity index (χ3v) is 5.26. The largest absolute Gasteiger partial charge is 0.349 e. The van der Waals surface area contributed by atoms with Crippen LogP contribution in [0.4, 0.5) is 8.78 Å². The SMILES string of the molecule is CC(C)c1nc(-c2ccc(F)cc2)c(-c2ccc(F)cc2)n1C=C[C@H]1OCC[C@@H](C)O1. The molecule has 1 saturated heterocycles. The minimum absolute atomic E-state index is 0.116. The van der Waals surface area contributed by atoms with Gasteiger partial charge in [0.25, 0.3) is 0 Å². The Bertz CT molecular complexity index is 1060. The Morgan fingerprint density at radius 2 is 1.61 bits per heavy atom. The number of ether oxygens (including phenoxy) is 2. The molecule has 1 aliphatic rings. The zero-order valence-electron chi connectivity index (χ0n) is 17.9. The summed E-state index contributed by atoms with van der Waals surface area (Å²) in [4.78, 5) is 4.90. The molecular weight excluding hydrogens is 398 g/mol. The van der Waals surface area contributed by atoms with Crippen molar-refractivity contribution < 1.29 is 18.3 Å². The van der Waals surface area contributed by atoms with E-state index in [1.165, 1.54) is 24.3 Å². The number of rotatable bonds is 5. The van der Waals surface area contributed by atoms with Crippen molar-refractivity contribution >= 4 is 6.20 Å². The van der Waals surface area contributed by atoms with Crippen LogP contribution >= 0.6 is 0 Å². The summed E-state index contributed by atoms with van der Waals surface area (Å²) in [6, 6.07) is 12.5. The molecule has 1 fully saturated rings. The molecule has 31 heavy (non-hydrogen) atoms. The quantitative estimate of drug-likeness (QED) is 0.486. The van der Waals surface area contributed by atoms with Crippen molar-refractivity contribution in [3.8, 4) is 22.5 Å².